The van der Waals surface area contributed by atoms with Gasteiger partial charge in [0, 0.05) is 23.3 Å². The Morgan fingerprint density at radius 2 is 1.94 bits per heavy atom. The number of hydrogen-bond acceptors (Lipinski definition) is 5. The van der Waals surface area contributed by atoms with Crippen LogP contribution in [0.1, 0.15) is 11.1 Å². The van der Waals surface area contributed by atoms with Gasteiger partial charge in [-0.25, -0.2) is 4.98 Å². The SMILES string of the molecule is O=C(CSc1nc2ccc(N=Cc3ccc(Cl)cc3Cl)cc2s1)NCCc1ccccc1. The Labute approximate surface area is 204 Å². The molecule has 1 heterocycles. The van der Waals surface area contributed by atoms with E-state index in [0.29, 0.717) is 22.3 Å². The van der Waals surface area contributed by atoms with Gasteiger partial charge >= 0.3 is 0 Å². The van der Waals surface area contributed by atoms with Crippen molar-refractivity contribution in [3.63, 3.8) is 0 Å². The lowest BCUT2D eigenvalue weighted by molar-refractivity contribution is -0.118. The molecule has 0 aliphatic heterocycles. The summed E-state index contributed by atoms with van der Waals surface area (Å²) in [5, 5.41) is 4.11. The molecule has 4 rings (SSSR count). The van der Waals surface area contributed by atoms with E-state index in [-0.39, 0.29) is 5.91 Å². The molecule has 0 spiro atoms. The van der Waals surface area contributed by atoms with Gasteiger partial charge in [0.25, 0.3) is 0 Å². The second kappa shape index (κ2) is 11.0. The molecule has 0 bridgehead atoms. The molecule has 0 aliphatic carbocycles. The molecule has 1 amide bonds. The van der Waals surface area contributed by atoms with Crippen LogP contribution in [0.25, 0.3) is 10.2 Å². The molecule has 1 aromatic heterocycles. The van der Waals surface area contributed by atoms with E-state index < -0.39 is 0 Å². The summed E-state index contributed by atoms with van der Waals surface area (Å²) in [5.41, 5.74) is 3.71. The van der Waals surface area contributed by atoms with Crippen molar-refractivity contribution in [1.29, 1.82) is 0 Å². The molecular weight excluding hydrogens is 481 g/mol. The summed E-state index contributed by atoms with van der Waals surface area (Å²) in [5.74, 6) is 0.352. The highest BCUT2D eigenvalue weighted by atomic mass is 35.5. The van der Waals surface area contributed by atoms with E-state index in [1.54, 1.807) is 29.7 Å². The van der Waals surface area contributed by atoms with E-state index in [4.69, 9.17) is 23.2 Å². The minimum atomic E-state index is 0.00956. The molecule has 0 atom stereocenters. The number of nitrogens with zero attached hydrogens (tertiary/aromatic N) is 2. The minimum Gasteiger partial charge on any atom is -0.355 e. The van der Waals surface area contributed by atoms with Crippen molar-refractivity contribution in [2.45, 2.75) is 10.8 Å². The summed E-state index contributed by atoms with van der Waals surface area (Å²) < 4.78 is 1.88. The molecule has 0 unspecified atom stereocenters. The minimum absolute atomic E-state index is 0.00956. The van der Waals surface area contributed by atoms with Gasteiger partial charge in [-0.2, -0.15) is 0 Å². The molecule has 4 nitrogen and oxygen atoms in total. The molecule has 0 saturated carbocycles. The van der Waals surface area contributed by atoms with Crippen LogP contribution in [0.15, 0.2) is 76.1 Å². The van der Waals surface area contributed by atoms with Gasteiger partial charge in [0.1, 0.15) is 0 Å². The Hall–Kier alpha value is -2.38. The Bertz CT molecular complexity index is 1260. The Morgan fingerprint density at radius 3 is 2.75 bits per heavy atom. The number of carbonyl (C=O) groups is 1. The normalized spacial score (nSPS) is 11.3. The molecule has 0 aliphatic rings. The highest BCUT2D eigenvalue weighted by Crippen LogP contribution is 2.32. The summed E-state index contributed by atoms with van der Waals surface area (Å²) in [7, 11) is 0. The standard InChI is InChI=1S/C24H19Cl2N3OS2/c25-18-7-6-17(20(26)12-18)14-28-19-8-9-21-22(13-19)32-24(29-21)31-15-23(30)27-11-10-16-4-2-1-3-5-16/h1-9,12-14H,10-11,15H2,(H,27,30). The lowest BCUT2D eigenvalue weighted by atomic mass is 10.1. The molecule has 32 heavy (non-hydrogen) atoms. The first-order valence-corrected chi connectivity index (χ1v) is 12.5. The largest absolute Gasteiger partial charge is 0.355 e. The van der Waals surface area contributed by atoms with Crippen molar-refractivity contribution in [2.75, 3.05) is 12.3 Å². The van der Waals surface area contributed by atoms with Crippen LogP contribution in [-0.2, 0) is 11.2 Å². The molecule has 3 aromatic carbocycles. The molecular formula is C24H19Cl2N3OS2. The summed E-state index contributed by atoms with van der Waals surface area (Å²) in [6.45, 7) is 0.627. The van der Waals surface area contributed by atoms with Crippen LogP contribution in [0.3, 0.4) is 0 Å². The number of nitrogens with one attached hydrogen (secondary N) is 1. The van der Waals surface area contributed by atoms with Crippen molar-refractivity contribution in [2.24, 2.45) is 4.99 Å². The fourth-order valence-corrected chi connectivity index (χ4v) is 5.34. The zero-order valence-electron chi connectivity index (χ0n) is 16.9. The van der Waals surface area contributed by atoms with E-state index in [0.717, 1.165) is 32.2 Å². The number of rotatable bonds is 8. The fraction of sp³-hybridized carbons (Fsp3) is 0.125. The van der Waals surface area contributed by atoms with E-state index in [2.05, 4.69) is 27.4 Å². The molecule has 1 N–H and O–H groups in total. The first kappa shape index (κ1) is 22.8. The van der Waals surface area contributed by atoms with Crippen LogP contribution < -0.4 is 5.32 Å². The Morgan fingerprint density at radius 1 is 1.09 bits per heavy atom. The number of amides is 1. The third-order valence-electron chi connectivity index (χ3n) is 4.57. The average Bonchev–Trinajstić information content (AvgIpc) is 3.20. The van der Waals surface area contributed by atoms with E-state index >= 15 is 0 Å². The zero-order chi connectivity index (χ0) is 22.3. The number of thioether (sulfide) groups is 1. The van der Waals surface area contributed by atoms with Gasteiger partial charge in [-0.1, -0.05) is 71.4 Å². The Balaban J connectivity index is 1.32. The number of aliphatic imine (C=N–C) groups is 1. The number of hydrogen-bond donors (Lipinski definition) is 1. The number of thiazole rings is 1. The fourth-order valence-electron chi connectivity index (χ4n) is 2.95. The molecule has 8 heteroatoms. The predicted molar refractivity (Wildman–Crippen MR) is 137 cm³/mol. The zero-order valence-corrected chi connectivity index (χ0v) is 20.1. The van der Waals surface area contributed by atoms with Crippen molar-refractivity contribution < 1.29 is 4.79 Å². The Kier molecular flexibility index (Phi) is 7.81. The second-order valence-electron chi connectivity index (χ2n) is 6.93. The van der Waals surface area contributed by atoms with E-state index in [1.807, 2.05) is 42.5 Å². The monoisotopic (exact) mass is 499 g/mol. The lowest BCUT2D eigenvalue weighted by Crippen LogP contribution is -2.27. The number of fused-ring (bicyclic) bond motifs is 1. The van der Waals surface area contributed by atoms with Crippen LogP contribution in [-0.4, -0.2) is 29.4 Å². The lowest BCUT2D eigenvalue weighted by Gasteiger charge is -2.04. The maximum Gasteiger partial charge on any atom is 0.230 e. The van der Waals surface area contributed by atoms with Gasteiger partial charge in [0.15, 0.2) is 4.34 Å². The van der Waals surface area contributed by atoms with Crippen molar-refractivity contribution in [1.82, 2.24) is 10.3 Å². The van der Waals surface area contributed by atoms with Crippen LogP contribution in [0.4, 0.5) is 5.69 Å². The smallest absolute Gasteiger partial charge is 0.230 e. The highest BCUT2D eigenvalue weighted by Gasteiger charge is 2.08. The molecule has 0 fully saturated rings. The quantitative estimate of drug-likeness (QED) is 0.214. The van der Waals surface area contributed by atoms with Crippen LogP contribution in [0, 0.1) is 0 Å². The third kappa shape index (κ3) is 6.33. The first-order chi connectivity index (χ1) is 15.6. The van der Waals surface area contributed by atoms with Gasteiger partial charge in [-0.05, 0) is 42.3 Å². The third-order valence-corrected chi connectivity index (χ3v) is 7.30. The summed E-state index contributed by atoms with van der Waals surface area (Å²) in [4.78, 5) is 21.3. The highest BCUT2D eigenvalue weighted by molar-refractivity contribution is 8.01. The number of halogens is 2. The summed E-state index contributed by atoms with van der Waals surface area (Å²) in [6.07, 6.45) is 2.54. The average molecular weight is 500 g/mol. The van der Waals surface area contributed by atoms with Gasteiger partial charge in [-0.15, -0.1) is 11.3 Å². The summed E-state index contributed by atoms with van der Waals surface area (Å²) in [6, 6.07) is 21.2. The van der Waals surface area contributed by atoms with Crippen molar-refractivity contribution >= 4 is 74.3 Å². The first-order valence-electron chi connectivity index (χ1n) is 9.90. The number of aromatic nitrogens is 1. The van der Waals surface area contributed by atoms with Gasteiger partial charge in [0.2, 0.25) is 5.91 Å². The second-order valence-corrected chi connectivity index (χ2v) is 10.0. The van der Waals surface area contributed by atoms with Gasteiger partial charge < -0.3 is 5.32 Å². The van der Waals surface area contributed by atoms with Crippen LogP contribution in [0.2, 0.25) is 10.0 Å². The van der Waals surface area contributed by atoms with E-state index in [9.17, 15) is 4.79 Å². The maximum absolute atomic E-state index is 12.2. The topological polar surface area (TPSA) is 54.4 Å². The maximum atomic E-state index is 12.2. The molecule has 4 aromatic rings. The molecule has 0 radical (unpaired) electrons. The molecule has 162 valence electrons. The van der Waals surface area contributed by atoms with Gasteiger partial charge in [0.05, 0.1) is 26.7 Å². The van der Waals surface area contributed by atoms with Gasteiger partial charge in [-0.3, -0.25) is 9.79 Å². The predicted octanol–water partition coefficient (Wildman–Crippen LogP) is 6.80. The van der Waals surface area contributed by atoms with Crippen molar-refractivity contribution in [3.05, 3.63) is 87.9 Å². The summed E-state index contributed by atoms with van der Waals surface area (Å²) >= 11 is 15.1. The van der Waals surface area contributed by atoms with Crippen LogP contribution in [0.5, 0.6) is 0 Å². The van der Waals surface area contributed by atoms with Crippen LogP contribution >= 0.6 is 46.3 Å². The van der Waals surface area contributed by atoms with E-state index in [1.165, 1.54) is 17.3 Å². The number of carbonyl (C=O) groups excluding carboxylic acids is 1. The van der Waals surface area contributed by atoms with Crippen molar-refractivity contribution in [3.8, 4) is 0 Å². The number of benzene rings is 3. The molecule has 0 saturated heterocycles.